The second-order valence-corrected chi connectivity index (χ2v) is 8.93. The van der Waals surface area contributed by atoms with Crippen LogP contribution in [0.4, 0.5) is 5.88 Å². The number of carbonyl (C=O) groups excluding carboxylic acids is 1. The quantitative estimate of drug-likeness (QED) is 0.433. The lowest BCUT2D eigenvalue weighted by atomic mass is 9.92. The summed E-state index contributed by atoms with van der Waals surface area (Å²) in [5.74, 6) is 7.42. The first-order valence-electron chi connectivity index (χ1n) is 9.43. The molecule has 0 aliphatic carbocycles. The minimum atomic E-state index is -0.257. The molecule has 0 aliphatic rings. The molecule has 160 valence electrons. The van der Waals surface area contributed by atoms with Crippen LogP contribution in [0.3, 0.4) is 0 Å². The van der Waals surface area contributed by atoms with E-state index in [-0.39, 0.29) is 23.7 Å². The number of ether oxygens (including phenoxy) is 1. The van der Waals surface area contributed by atoms with Crippen LogP contribution in [0.25, 0.3) is 0 Å². The van der Waals surface area contributed by atoms with Gasteiger partial charge in [0.2, 0.25) is 16.9 Å². The third-order valence-corrected chi connectivity index (χ3v) is 5.24. The molecule has 1 amide bonds. The number of aryl methyl sites for hydroxylation is 2. The van der Waals surface area contributed by atoms with E-state index in [1.807, 2.05) is 52.8 Å². The molecule has 2 aromatic heterocycles. The lowest BCUT2D eigenvalue weighted by Crippen LogP contribution is -2.18. The van der Waals surface area contributed by atoms with Gasteiger partial charge in [-0.15, -0.1) is 10.2 Å². The summed E-state index contributed by atoms with van der Waals surface area (Å²) in [6.07, 6.45) is 0. The highest BCUT2D eigenvalue weighted by atomic mass is 32.2. The molecule has 10 heteroatoms. The van der Waals surface area contributed by atoms with E-state index in [0.29, 0.717) is 16.9 Å². The van der Waals surface area contributed by atoms with Crippen molar-refractivity contribution in [3.05, 3.63) is 46.9 Å². The zero-order chi connectivity index (χ0) is 21.9. The molecule has 0 aliphatic heterocycles. The van der Waals surface area contributed by atoms with E-state index in [0.717, 1.165) is 17.0 Å². The van der Waals surface area contributed by atoms with Crippen LogP contribution in [-0.2, 0) is 16.8 Å². The summed E-state index contributed by atoms with van der Waals surface area (Å²) in [7, 11) is 0. The number of thioether (sulfide) groups is 1. The second kappa shape index (κ2) is 8.78. The number of rotatable bonds is 7. The predicted molar refractivity (Wildman–Crippen MR) is 115 cm³/mol. The molecule has 0 bridgehead atoms. The first kappa shape index (κ1) is 21.7. The van der Waals surface area contributed by atoms with Crippen molar-refractivity contribution >= 4 is 23.6 Å². The van der Waals surface area contributed by atoms with Gasteiger partial charge in [0.25, 0.3) is 0 Å². The molecule has 0 saturated carbocycles. The number of nitrogens with one attached hydrogen (secondary N) is 1. The topological polar surface area (TPSA) is 121 Å². The van der Waals surface area contributed by atoms with E-state index in [9.17, 15) is 4.79 Å². The van der Waals surface area contributed by atoms with Gasteiger partial charge in [0, 0.05) is 11.5 Å². The largest absolute Gasteiger partial charge is 0.485 e. The van der Waals surface area contributed by atoms with Crippen LogP contribution in [0.1, 0.15) is 43.4 Å². The number of carbonyl (C=O) groups is 1. The number of benzene rings is 1. The molecule has 3 aromatic rings. The van der Waals surface area contributed by atoms with Crippen molar-refractivity contribution in [3.8, 4) is 5.75 Å². The van der Waals surface area contributed by atoms with Gasteiger partial charge in [-0.3, -0.25) is 10.1 Å². The lowest BCUT2D eigenvalue weighted by Gasteiger charge is -2.12. The standard InChI is InChI=1S/C20H26N6O3S/c1-12-6-7-14(13(2)8-12)28-10-16-23-24-19(26(16)21)30-11-17(27)22-18-9-15(25-29-18)20(3,4)5/h6-9H,10-11,21H2,1-5H3,(H,22,27). The lowest BCUT2D eigenvalue weighted by molar-refractivity contribution is -0.113. The molecule has 0 fully saturated rings. The number of hydrogen-bond acceptors (Lipinski definition) is 8. The zero-order valence-corrected chi connectivity index (χ0v) is 18.5. The first-order chi connectivity index (χ1) is 14.1. The SMILES string of the molecule is Cc1ccc(OCc2nnc(SCC(=O)Nc3cc(C(C)(C)C)no3)n2N)c(C)c1. The van der Waals surface area contributed by atoms with Crippen molar-refractivity contribution in [1.29, 1.82) is 0 Å². The van der Waals surface area contributed by atoms with Crippen LogP contribution >= 0.6 is 11.8 Å². The third kappa shape index (κ3) is 5.32. The van der Waals surface area contributed by atoms with Crippen LogP contribution in [0, 0.1) is 13.8 Å². The maximum Gasteiger partial charge on any atom is 0.237 e. The molecule has 30 heavy (non-hydrogen) atoms. The normalized spacial score (nSPS) is 11.5. The molecule has 0 saturated heterocycles. The number of nitrogen functional groups attached to an aromatic ring is 1. The van der Waals surface area contributed by atoms with E-state index in [1.54, 1.807) is 6.07 Å². The van der Waals surface area contributed by atoms with Gasteiger partial charge in [-0.1, -0.05) is 55.4 Å². The number of anilines is 1. The summed E-state index contributed by atoms with van der Waals surface area (Å²) in [4.78, 5) is 12.2. The van der Waals surface area contributed by atoms with Crippen LogP contribution in [0.2, 0.25) is 0 Å². The Bertz CT molecular complexity index is 1040. The highest BCUT2D eigenvalue weighted by Gasteiger charge is 2.20. The average Bonchev–Trinajstić information content (AvgIpc) is 3.26. The molecular weight excluding hydrogens is 404 g/mol. The Morgan fingerprint density at radius 3 is 2.70 bits per heavy atom. The number of hydrogen-bond donors (Lipinski definition) is 2. The van der Waals surface area contributed by atoms with Crippen molar-refractivity contribution in [2.45, 2.75) is 51.8 Å². The maximum absolute atomic E-state index is 12.2. The van der Waals surface area contributed by atoms with Gasteiger partial charge >= 0.3 is 0 Å². The van der Waals surface area contributed by atoms with E-state index in [1.165, 1.54) is 22.0 Å². The Hall–Kier alpha value is -3.01. The van der Waals surface area contributed by atoms with Gasteiger partial charge in [0.1, 0.15) is 12.4 Å². The van der Waals surface area contributed by atoms with Gasteiger partial charge in [-0.25, -0.2) is 4.68 Å². The molecule has 9 nitrogen and oxygen atoms in total. The number of nitrogens with zero attached hydrogens (tertiary/aromatic N) is 4. The fraction of sp³-hybridized carbons (Fsp3) is 0.400. The monoisotopic (exact) mass is 430 g/mol. The fourth-order valence-corrected chi connectivity index (χ4v) is 3.27. The van der Waals surface area contributed by atoms with Crippen LogP contribution in [-0.4, -0.2) is 31.7 Å². The third-order valence-electron chi connectivity index (χ3n) is 4.30. The summed E-state index contributed by atoms with van der Waals surface area (Å²) in [6.45, 7) is 10.2. The molecule has 0 spiro atoms. The Morgan fingerprint density at radius 2 is 2.03 bits per heavy atom. The van der Waals surface area contributed by atoms with Crippen molar-refractivity contribution in [2.75, 3.05) is 16.9 Å². The molecular formula is C20H26N6O3S. The molecule has 0 radical (unpaired) electrons. The Kier molecular flexibility index (Phi) is 6.35. The van der Waals surface area contributed by atoms with Gasteiger partial charge in [0.05, 0.1) is 11.4 Å². The fourth-order valence-electron chi connectivity index (χ4n) is 2.60. The molecule has 3 rings (SSSR count). The van der Waals surface area contributed by atoms with Crippen molar-refractivity contribution < 1.29 is 14.1 Å². The van der Waals surface area contributed by atoms with Crippen molar-refractivity contribution in [1.82, 2.24) is 20.0 Å². The summed E-state index contributed by atoms with van der Waals surface area (Å²) in [5.41, 5.74) is 2.80. The van der Waals surface area contributed by atoms with Gasteiger partial charge in [0.15, 0.2) is 5.82 Å². The molecule has 0 unspecified atom stereocenters. The summed E-state index contributed by atoms with van der Waals surface area (Å²) in [6, 6.07) is 7.66. The summed E-state index contributed by atoms with van der Waals surface area (Å²) >= 11 is 1.17. The minimum Gasteiger partial charge on any atom is -0.485 e. The van der Waals surface area contributed by atoms with Crippen molar-refractivity contribution in [2.24, 2.45) is 0 Å². The van der Waals surface area contributed by atoms with Crippen LogP contribution in [0.15, 0.2) is 33.9 Å². The van der Waals surface area contributed by atoms with Crippen LogP contribution < -0.4 is 15.9 Å². The van der Waals surface area contributed by atoms with Gasteiger partial charge in [-0.2, -0.15) is 0 Å². The average molecular weight is 431 g/mol. The first-order valence-corrected chi connectivity index (χ1v) is 10.4. The van der Waals surface area contributed by atoms with E-state index >= 15 is 0 Å². The second-order valence-electron chi connectivity index (χ2n) is 7.99. The van der Waals surface area contributed by atoms with Gasteiger partial charge in [-0.05, 0) is 25.5 Å². The molecule has 1 aromatic carbocycles. The highest BCUT2D eigenvalue weighted by molar-refractivity contribution is 7.99. The van der Waals surface area contributed by atoms with Crippen molar-refractivity contribution in [3.63, 3.8) is 0 Å². The van der Waals surface area contributed by atoms with Crippen LogP contribution in [0.5, 0.6) is 5.75 Å². The Balaban J connectivity index is 1.53. The zero-order valence-electron chi connectivity index (χ0n) is 17.7. The van der Waals surface area contributed by atoms with E-state index in [2.05, 4.69) is 20.7 Å². The number of amides is 1. The smallest absolute Gasteiger partial charge is 0.237 e. The molecule has 0 atom stereocenters. The summed E-state index contributed by atoms with van der Waals surface area (Å²) in [5, 5.41) is 15.2. The summed E-state index contributed by atoms with van der Waals surface area (Å²) < 4.78 is 12.3. The Labute approximate surface area is 179 Å². The van der Waals surface area contributed by atoms with Gasteiger partial charge < -0.3 is 15.1 Å². The number of nitrogens with two attached hydrogens (primary N) is 1. The maximum atomic E-state index is 12.2. The number of aromatic nitrogens is 4. The van der Waals surface area contributed by atoms with E-state index in [4.69, 9.17) is 15.1 Å². The Morgan fingerprint density at radius 1 is 1.27 bits per heavy atom. The highest BCUT2D eigenvalue weighted by Crippen LogP contribution is 2.24. The molecule has 3 N–H and O–H groups in total. The molecule has 2 heterocycles. The minimum absolute atomic E-state index is 0.0960. The van der Waals surface area contributed by atoms with E-state index < -0.39 is 0 Å². The predicted octanol–water partition coefficient (Wildman–Crippen LogP) is 3.20.